The van der Waals surface area contributed by atoms with E-state index in [0.717, 1.165) is 13.1 Å². The molecule has 2 N–H and O–H groups in total. The molecule has 2 nitrogen and oxygen atoms in total. The van der Waals surface area contributed by atoms with E-state index in [1.54, 1.807) is 0 Å². The summed E-state index contributed by atoms with van der Waals surface area (Å²) in [5, 5.41) is 9.54. The number of hydrogen-bond acceptors (Lipinski definition) is 2. The summed E-state index contributed by atoms with van der Waals surface area (Å²) in [4.78, 5) is 0. The Kier molecular flexibility index (Phi) is 3.19. The minimum absolute atomic E-state index is 0.497. The Balaban J connectivity index is 1.73. The minimum atomic E-state index is 0.497. The summed E-state index contributed by atoms with van der Waals surface area (Å²) in [6.45, 7) is 4.33. The highest BCUT2D eigenvalue weighted by molar-refractivity contribution is 5.86. The third-order valence-corrected chi connectivity index (χ3v) is 4.17. The van der Waals surface area contributed by atoms with Crippen molar-refractivity contribution in [1.29, 1.82) is 0 Å². The fourth-order valence-electron chi connectivity index (χ4n) is 2.73. The van der Waals surface area contributed by atoms with Gasteiger partial charge in [-0.1, -0.05) is 29.8 Å². The van der Waals surface area contributed by atoms with Gasteiger partial charge in [0.15, 0.2) is 0 Å². The van der Waals surface area contributed by atoms with Crippen molar-refractivity contribution < 1.29 is 0 Å². The van der Waals surface area contributed by atoms with E-state index in [1.807, 2.05) is 7.05 Å². The van der Waals surface area contributed by atoms with Crippen LogP contribution < -0.4 is 10.6 Å². The van der Waals surface area contributed by atoms with Crippen LogP contribution in [-0.2, 0) is 0 Å². The molecule has 1 aliphatic carbocycles. The maximum absolute atomic E-state index is 3.60. The number of aryl methyl sites for hydroxylation is 1. The number of rotatable bonds is 5. The van der Waals surface area contributed by atoms with Crippen LogP contribution in [0.2, 0.25) is 0 Å². The second-order valence-corrected chi connectivity index (χ2v) is 5.95. The first-order chi connectivity index (χ1) is 9.21. The molecular weight excluding hydrogens is 232 g/mol. The Hall–Kier alpha value is -1.54. The van der Waals surface area contributed by atoms with Gasteiger partial charge in [-0.3, -0.25) is 0 Å². The summed E-state index contributed by atoms with van der Waals surface area (Å²) < 4.78 is 0. The first-order valence-corrected chi connectivity index (χ1v) is 7.10. The van der Waals surface area contributed by atoms with Gasteiger partial charge < -0.3 is 10.6 Å². The van der Waals surface area contributed by atoms with E-state index < -0.39 is 0 Å². The van der Waals surface area contributed by atoms with Crippen molar-refractivity contribution in [3.05, 3.63) is 42.0 Å². The molecule has 0 saturated heterocycles. The lowest BCUT2D eigenvalue weighted by molar-refractivity contribution is 0.507. The normalized spacial score (nSPS) is 16.5. The summed E-state index contributed by atoms with van der Waals surface area (Å²) >= 11 is 0. The van der Waals surface area contributed by atoms with Crippen LogP contribution in [-0.4, -0.2) is 20.1 Å². The highest BCUT2D eigenvalue weighted by Crippen LogP contribution is 2.44. The molecule has 0 spiro atoms. The Morgan fingerprint density at radius 1 is 1.00 bits per heavy atom. The smallest absolute Gasteiger partial charge is 0.0346 e. The lowest BCUT2D eigenvalue weighted by Crippen LogP contribution is -2.26. The van der Waals surface area contributed by atoms with Crippen LogP contribution in [0.1, 0.15) is 18.4 Å². The molecule has 2 aromatic carbocycles. The topological polar surface area (TPSA) is 24.1 Å². The van der Waals surface area contributed by atoms with E-state index in [1.165, 1.54) is 34.9 Å². The molecule has 1 aliphatic rings. The van der Waals surface area contributed by atoms with Gasteiger partial charge in [-0.2, -0.15) is 0 Å². The predicted molar refractivity (Wildman–Crippen MR) is 82.8 cm³/mol. The fourth-order valence-corrected chi connectivity index (χ4v) is 2.73. The second kappa shape index (κ2) is 4.86. The molecule has 1 saturated carbocycles. The van der Waals surface area contributed by atoms with Crippen molar-refractivity contribution >= 4 is 16.5 Å². The third-order valence-electron chi connectivity index (χ3n) is 4.17. The highest BCUT2D eigenvalue weighted by atomic mass is 14.9. The largest absolute Gasteiger partial charge is 0.384 e. The van der Waals surface area contributed by atoms with E-state index in [9.17, 15) is 0 Å². The van der Waals surface area contributed by atoms with Crippen molar-refractivity contribution in [2.75, 3.05) is 25.5 Å². The lowest BCUT2D eigenvalue weighted by atomic mass is 10.1. The van der Waals surface area contributed by atoms with Crippen LogP contribution >= 0.6 is 0 Å². The van der Waals surface area contributed by atoms with Crippen LogP contribution in [0.5, 0.6) is 0 Å². The van der Waals surface area contributed by atoms with Gasteiger partial charge in [-0.15, -0.1) is 0 Å². The van der Waals surface area contributed by atoms with Crippen molar-refractivity contribution in [3.63, 3.8) is 0 Å². The Labute approximate surface area is 115 Å². The van der Waals surface area contributed by atoms with Gasteiger partial charge in [0.05, 0.1) is 0 Å². The summed E-state index contributed by atoms with van der Waals surface area (Å²) in [7, 11) is 2.04. The molecule has 0 unspecified atom stereocenters. The molecule has 2 heteroatoms. The van der Waals surface area contributed by atoms with Gasteiger partial charge in [-0.25, -0.2) is 0 Å². The van der Waals surface area contributed by atoms with Gasteiger partial charge >= 0.3 is 0 Å². The first kappa shape index (κ1) is 12.5. The van der Waals surface area contributed by atoms with E-state index in [-0.39, 0.29) is 0 Å². The molecule has 2 aromatic rings. The number of benzene rings is 2. The number of fused-ring (bicyclic) bond motifs is 1. The standard InChI is InChI=1S/C17H22N2/c1-13-3-4-15-10-16(6-5-14(15)9-13)19-12-17(7-8-17)11-18-2/h3-6,9-10,18-19H,7-8,11-12H2,1-2H3. The molecular formula is C17H22N2. The SMILES string of the molecule is CNCC1(CNc2ccc3cc(C)ccc3c2)CC1. The molecule has 0 heterocycles. The number of anilines is 1. The Morgan fingerprint density at radius 2 is 1.74 bits per heavy atom. The zero-order valence-electron chi connectivity index (χ0n) is 11.8. The molecule has 1 fully saturated rings. The molecule has 0 atom stereocenters. The van der Waals surface area contributed by atoms with Crippen molar-refractivity contribution in [1.82, 2.24) is 5.32 Å². The maximum Gasteiger partial charge on any atom is 0.0346 e. The van der Waals surface area contributed by atoms with Gasteiger partial charge in [0.25, 0.3) is 0 Å². The summed E-state index contributed by atoms with van der Waals surface area (Å²) in [6, 6.07) is 13.3. The summed E-state index contributed by atoms with van der Waals surface area (Å²) in [6.07, 6.45) is 2.68. The highest BCUT2D eigenvalue weighted by Gasteiger charge is 2.41. The van der Waals surface area contributed by atoms with Crippen LogP contribution in [0.25, 0.3) is 10.8 Å². The van der Waals surface area contributed by atoms with Gasteiger partial charge in [-0.05, 0) is 49.7 Å². The van der Waals surface area contributed by atoms with Gasteiger partial charge in [0.2, 0.25) is 0 Å². The molecule has 0 amide bonds. The van der Waals surface area contributed by atoms with Crippen LogP contribution in [0.4, 0.5) is 5.69 Å². The van der Waals surface area contributed by atoms with Gasteiger partial charge in [0.1, 0.15) is 0 Å². The minimum Gasteiger partial charge on any atom is -0.384 e. The monoisotopic (exact) mass is 254 g/mol. The van der Waals surface area contributed by atoms with Crippen LogP contribution in [0.15, 0.2) is 36.4 Å². The second-order valence-electron chi connectivity index (χ2n) is 5.95. The van der Waals surface area contributed by atoms with E-state index >= 15 is 0 Å². The summed E-state index contributed by atoms with van der Waals surface area (Å²) in [5.41, 5.74) is 3.05. The molecule has 0 radical (unpaired) electrons. The zero-order chi connectivity index (χ0) is 13.3. The maximum atomic E-state index is 3.60. The lowest BCUT2D eigenvalue weighted by Gasteiger charge is -2.16. The van der Waals surface area contributed by atoms with E-state index in [0.29, 0.717) is 5.41 Å². The fraction of sp³-hybridized carbons (Fsp3) is 0.412. The van der Waals surface area contributed by atoms with Crippen molar-refractivity contribution in [2.24, 2.45) is 5.41 Å². The molecule has 3 rings (SSSR count). The average molecular weight is 254 g/mol. The molecule has 0 aliphatic heterocycles. The Bertz CT molecular complexity index is 585. The molecule has 0 bridgehead atoms. The number of hydrogen-bond donors (Lipinski definition) is 2. The van der Waals surface area contributed by atoms with Gasteiger partial charge in [0, 0.05) is 24.2 Å². The first-order valence-electron chi connectivity index (χ1n) is 7.10. The summed E-state index contributed by atoms with van der Waals surface area (Å²) in [5.74, 6) is 0. The van der Waals surface area contributed by atoms with Crippen LogP contribution in [0, 0.1) is 12.3 Å². The molecule has 0 aromatic heterocycles. The average Bonchev–Trinajstić information content (AvgIpc) is 3.17. The Morgan fingerprint density at radius 3 is 2.47 bits per heavy atom. The van der Waals surface area contributed by atoms with E-state index in [4.69, 9.17) is 0 Å². The predicted octanol–water partition coefficient (Wildman–Crippen LogP) is 3.56. The molecule has 19 heavy (non-hydrogen) atoms. The number of nitrogens with one attached hydrogen (secondary N) is 2. The third kappa shape index (κ3) is 2.74. The zero-order valence-corrected chi connectivity index (χ0v) is 11.8. The molecule has 100 valence electrons. The van der Waals surface area contributed by atoms with Crippen molar-refractivity contribution in [3.8, 4) is 0 Å². The van der Waals surface area contributed by atoms with Crippen molar-refractivity contribution in [2.45, 2.75) is 19.8 Å². The van der Waals surface area contributed by atoms with E-state index in [2.05, 4.69) is 54.0 Å². The van der Waals surface area contributed by atoms with Crippen LogP contribution in [0.3, 0.4) is 0 Å². The quantitative estimate of drug-likeness (QED) is 0.852.